The lowest BCUT2D eigenvalue weighted by Crippen LogP contribution is -2.21. The van der Waals surface area contributed by atoms with Crippen molar-refractivity contribution in [2.45, 2.75) is 13.8 Å². The fourth-order valence-corrected chi connectivity index (χ4v) is 1.91. The van der Waals surface area contributed by atoms with E-state index in [9.17, 15) is 4.79 Å². The Balaban J connectivity index is 2.12. The molecule has 0 saturated carbocycles. The first-order chi connectivity index (χ1) is 9.22. The van der Waals surface area contributed by atoms with Gasteiger partial charge in [-0.25, -0.2) is 4.98 Å². The molecule has 0 fully saturated rings. The number of benzene rings is 1. The van der Waals surface area contributed by atoms with E-state index in [4.69, 9.17) is 0 Å². The number of nitrogens with zero attached hydrogens (tertiary/aromatic N) is 2. The van der Waals surface area contributed by atoms with Gasteiger partial charge in [0, 0.05) is 36.7 Å². The van der Waals surface area contributed by atoms with Crippen molar-refractivity contribution < 1.29 is 0 Å². The van der Waals surface area contributed by atoms with Crippen molar-refractivity contribution in [1.29, 1.82) is 0 Å². The van der Waals surface area contributed by atoms with E-state index in [2.05, 4.69) is 46.2 Å². The van der Waals surface area contributed by atoms with Gasteiger partial charge in [-0.1, -0.05) is 0 Å². The Morgan fingerprint density at radius 2 is 1.84 bits per heavy atom. The van der Waals surface area contributed by atoms with Crippen LogP contribution in [-0.4, -0.2) is 23.1 Å². The van der Waals surface area contributed by atoms with Crippen molar-refractivity contribution >= 4 is 17.3 Å². The van der Waals surface area contributed by atoms with Gasteiger partial charge in [-0.05, 0) is 38.1 Å². The zero-order valence-corrected chi connectivity index (χ0v) is 11.2. The van der Waals surface area contributed by atoms with Gasteiger partial charge in [0.15, 0.2) is 0 Å². The molecule has 0 amide bonds. The number of anilines is 3. The normalized spacial score (nSPS) is 10.2. The number of aromatic amines is 1. The lowest BCUT2D eigenvalue weighted by atomic mass is 10.2. The molecule has 19 heavy (non-hydrogen) atoms. The van der Waals surface area contributed by atoms with Crippen LogP contribution in [0.15, 0.2) is 41.3 Å². The Morgan fingerprint density at radius 3 is 2.42 bits per heavy atom. The summed E-state index contributed by atoms with van der Waals surface area (Å²) in [7, 11) is 0. The van der Waals surface area contributed by atoms with Crippen LogP contribution < -0.4 is 15.8 Å². The number of H-pyrrole nitrogens is 1. The zero-order valence-electron chi connectivity index (χ0n) is 11.2. The largest absolute Gasteiger partial charge is 0.372 e. The molecule has 5 nitrogen and oxygen atoms in total. The van der Waals surface area contributed by atoms with E-state index in [-0.39, 0.29) is 5.56 Å². The first-order valence-electron chi connectivity index (χ1n) is 6.40. The maximum absolute atomic E-state index is 11.2. The molecule has 2 aromatic rings. The molecule has 0 spiro atoms. The predicted octanol–water partition coefficient (Wildman–Crippen LogP) is 2.36. The topological polar surface area (TPSA) is 61.0 Å². The van der Waals surface area contributed by atoms with Crippen LogP contribution in [0.4, 0.5) is 17.3 Å². The van der Waals surface area contributed by atoms with Crippen LogP contribution in [0.3, 0.4) is 0 Å². The second-order valence-corrected chi connectivity index (χ2v) is 4.13. The second-order valence-electron chi connectivity index (χ2n) is 4.13. The van der Waals surface area contributed by atoms with Gasteiger partial charge in [0.1, 0.15) is 0 Å². The quantitative estimate of drug-likeness (QED) is 0.864. The number of aromatic nitrogens is 2. The summed E-state index contributed by atoms with van der Waals surface area (Å²) >= 11 is 0. The molecule has 0 saturated heterocycles. The van der Waals surface area contributed by atoms with Crippen molar-refractivity contribution in [1.82, 2.24) is 9.97 Å². The molecular formula is C14H18N4O. The number of rotatable bonds is 5. The summed E-state index contributed by atoms with van der Waals surface area (Å²) in [6.45, 7) is 6.23. The molecule has 5 heteroatoms. The predicted molar refractivity (Wildman–Crippen MR) is 78.1 cm³/mol. The van der Waals surface area contributed by atoms with Gasteiger partial charge in [-0.2, -0.15) is 0 Å². The molecule has 1 heterocycles. The van der Waals surface area contributed by atoms with Crippen LogP contribution >= 0.6 is 0 Å². The van der Waals surface area contributed by atoms with Crippen molar-refractivity contribution in [3.63, 3.8) is 0 Å². The van der Waals surface area contributed by atoms with E-state index in [1.807, 2.05) is 12.1 Å². The first kappa shape index (κ1) is 13.1. The van der Waals surface area contributed by atoms with Crippen molar-refractivity contribution in [2.75, 3.05) is 23.3 Å². The van der Waals surface area contributed by atoms with E-state index in [1.54, 1.807) is 0 Å². The van der Waals surface area contributed by atoms with E-state index in [0.29, 0.717) is 5.95 Å². The smallest absolute Gasteiger partial charge is 0.252 e. The summed E-state index contributed by atoms with van der Waals surface area (Å²) in [4.78, 5) is 20.1. The fourth-order valence-electron chi connectivity index (χ4n) is 1.91. The Kier molecular flexibility index (Phi) is 4.18. The second kappa shape index (κ2) is 6.04. The van der Waals surface area contributed by atoms with Gasteiger partial charge in [-0.3, -0.25) is 9.78 Å². The van der Waals surface area contributed by atoms with Crippen LogP contribution in [0.5, 0.6) is 0 Å². The highest BCUT2D eigenvalue weighted by atomic mass is 16.1. The summed E-state index contributed by atoms with van der Waals surface area (Å²) in [6.07, 6.45) is 1.48. The molecule has 0 bridgehead atoms. The minimum absolute atomic E-state index is 0.169. The van der Waals surface area contributed by atoms with Crippen molar-refractivity contribution in [3.8, 4) is 0 Å². The standard InChI is InChI=1S/C14H18N4O/c1-3-18(4-2)12-7-5-11(6-8-12)16-14-15-10-9-13(19)17-14/h5-10H,3-4H2,1-2H3,(H2,15,16,17,19). The van der Waals surface area contributed by atoms with Gasteiger partial charge in [0.05, 0.1) is 0 Å². The average Bonchev–Trinajstić information content (AvgIpc) is 2.42. The summed E-state index contributed by atoms with van der Waals surface area (Å²) in [5.41, 5.74) is 1.91. The molecule has 2 rings (SSSR count). The molecule has 100 valence electrons. The third-order valence-corrected chi connectivity index (χ3v) is 2.93. The third-order valence-electron chi connectivity index (χ3n) is 2.93. The Morgan fingerprint density at radius 1 is 1.16 bits per heavy atom. The maximum atomic E-state index is 11.2. The van der Waals surface area contributed by atoms with E-state index < -0.39 is 0 Å². The minimum atomic E-state index is -0.169. The average molecular weight is 258 g/mol. The molecular weight excluding hydrogens is 240 g/mol. The molecule has 0 aliphatic rings. The van der Waals surface area contributed by atoms with Gasteiger partial charge in [0.2, 0.25) is 5.95 Å². The summed E-state index contributed by atoms with van der Waals surface area (Å²) in [5, 5.41) is 3.06. The molecule has 0 aliphatic heterocycles. The highest BCUT2D eigenvalue weighted by molar-refractivity contribution is 5.59. The summed E-state index contributed by atoms with van der Waals surface area (Å²) in [5.74, 6) is 0.447. The molecule has 0 atom stereocenters. The van der Waals surface area contributed by atoms with Gasteiger partial charge in [0.25, 0.3) is 5.56 Å². The number of hydrogen-bond donors (Lipinski definition) is 2. The highest BCUT2D eigenvalue weighted by Crippen LogP contribution is 2.19. The highest BCUT2D eigenvalue weighted by Gasteiger charge is 2.02. The van der Waals surface area contributed by atoms with Crippen LogP contribution in [0, 0.1) is 0 Å². The van der Waals surface area contributed by atoms with Crippen LogP contribution in [0.1, 0.15) is 13.8 Å². The summed E-state index contributed by atoms with van der Waals surface area (Å²) in [6, 6.07) is 9.43. The van der Waals surface area contributed by atoms with E-state index in [0.717, 1.165) is 18.8 Å². The number of nitrogens with one attached hydrogen (secondary N) is 2. The third kappa shape index (κ3) is 3.34. The van der Waals surface area contributed by atoms with Gasteiger partial charge >= 0.3 is 0 Å². The van der Waals surface area contributed by atoms with Crippen molar-refractivity contribution in [3.05, 3.63) is 46.9 Å². The maximum Gasteiger partial charge on any atom is 0.252 e. The zero-order chi connectivity index (χ0) is 13.7. The van der Waals surface area contributed by atoms with Gasteiger partial charge in [-0.15, -0.1) is 0 Å². The molecule has 1 aromatic heterocycles. The Hall–Kier alpha value is -2.30. The Bertz CT molecular complexity index is 572. The Labute approximate surface area is 112 Å². The number of hydrogen-bond acceptors (Lipinski definition) is 4. The van der Waals surface area contributed by atoms with E-state index in [1.165, 1.54) is 18.0 Å². The van der Waals surface area contributed by atoms with Crippen molar-refractivity contribution in [2.24, 2.45) is 0 Å². The first-order valence-corrected chi connectivity index (χ1v) is 6.40. The minimum Gasteiger partial charge on any atom is -0.372 e. The lowest BCUT2D eigenvalue weighted by molar-refractivity contribution is 0.866. The molecule has 0 radical (unpaired) electrons. The van der Waals surface area contributed by atoms with Gasteiger partial charge < -0.3 is 10.2 Å². The fraction of sp³-hybridized carbons (Fsp3) is 0.286. The summed E-state index contributed by atoms with van der Waals surface area (Å²) < 4.78 is 0. The molecule has 2 N–H and O–H groups in total. The molecule has 0 aliphatic carbocycles. The van der Waals surface area contributed by atoms with Crippen LogP contribution in [0.25, 0.3) is 0 Å². The molecule has 1 aromatic carbocycles. The van der Waals surface area contributed by atoms with Crippen LogP contribution in [-0.2, 0) is 0 Å². The molecule has 0 unspecified atom stereocenters. The van der Waals surface area contributed by atoms with Crippen LogP contribution in [0.2, 0.25) is 0 Å². The monoisotopic (exact) mass is 258 g/mol. The van der Waals surface area contributed by atoms with E-state index >= 15 is 0 Å². The lowest BCUT2D eigenvalue weighted by Gasteiger charge is -2.21. The SMILES string of the molecule is CCN(CC)c1ccc(Nc2nccc(=O)[nH]2)cc1.